The molecule has 0 fully saturated rings. The fraction of sp³-hybridized carbons (Fsp3) is 0.0833. The van der Waals surface area contributed by atoms with Gasteiger partial charge in [0.1, 0.15) is 35.5 Å². The van der Waals surface area contributed by atoms with Gasteiger partial charge < -0.3 is 10.1 Å². The molecule has 0 heterocycles. The molecule has 0 saturated heterocycles. The number of ether oxygens (including phenoxy) is 1. The second-order valence-corrected chi connectivity index (χ2v) is 3.40. The molecule has 1 aromatic rings. The maximum absolute atomic E-state index is 13.6. The molecule has 106 valence electrons. The molecule has 0 aromatic heterocycles. The highest BCUT2D eigenvalue weighted by Gasteiger charge is 2.31. The number of allylic oxidation sites excluding steroid dienone is 2. The Morgan fingerprint density at radius 3 is 2.14 bits per heavy atom. The van der Waals surface area contributed by atoms with Crippen molar-refractivity contribution in [3.8, 4) is 24.0 Å². The van der Waals surface area contributed by atoms with Crippen LogP contribution < -0.4 is 10.1 Å². The highest BCUT2D eigenvalue weighted by molar-refractivity contribution is 5.59. The molecule has 9 heteroatoms. The van der Waals surface area contributed by atoms with Crippen molar-refractivity contribution < 1.29 is 22.3 Å². The number of anilines is 1. The summed E-state index contributed by atoms with van der Waals surface area (Å²) < 4.78 is 53.0. The second-order valence-electron chi connectivity index (χ2n) is 3.40. The van der Waals surface area contributed by atoms with E-state index < -0.39 is 29.2 Å². The number of nitriles is 3. The lowest BCUT2D eigenvalue weighted by molar-refractivity contribution is -0.274. The molecule has 0 saturated carbocycles. The zero-order valence-electron chi connectivity index (χ0n) is 9.99. The van der Waals surface area contributed by atoms with Gasteiger partial charge in [-0.3, -0.25) is 0 Å². The predicted molar refractivity (Wildman–Crippen MR) is 60.6 cm³/mol. The van der Waals surface area contributed by atoms with Crippen LogP contribution >= 0.6 is 0 Å². The van der Waals surface area contributed by atoms with Crippen molar-refractivity contribution in [3.05, 3.63) is 35.3 Å². The molecule has 0 radical (unpaired) electrons. The van der Waals surface area contributed by atoms with Crippen molar-refractivity contribution in [1.29, 1.82) is 15.8 Å². The fourth-order valence-corrected chi connectivity index (χ4v) is 1.21. The molecule has 1 rings (SSSR count). The van der Waals surface area contributed by atoms with Crippen LogP contribution in [0.4, 0.5) is 23.2 Å². The number of nitrogens with zero attached hydrogens (tertiary/aromatic N) is 3. The zero-order valence-corrected chi connectivity index (χ0v) is 9.99. The average Bonchev–Trinajstić information content (AvgIpc) is 2.39. The Bertz CT molecular complexity index is 688. The largest absolute Gasteiger partial charge is 0.573 e. The van der Waals surface area contributed by atoms with E-state index in [9.17, 15) is 17.6 Å². The summed E-state index contributed by atoms with van der Waals surface area (Å²) in [6.07, 6.45) is -4.96. The van der Waals surface area contributed by atoms with Gasteiger partial charge in [0.25, 0.3) is 0 Å². The number of hydrogen-bond acceptors (Lipinski definition) is 5. The molecule has 0 amide bonds. The topological polar surface area (TPSA) is 92.6 Å². The Kier molecular flexibility index (Phi) is 4.72. The van der Waals surface area contributed by atoms with E-state index in [4.69, 9.17) is 15.8 Å². The molecule has 0 aliphatic rings. The Morgan fingerprint density at radius 1 is 1.10 bits per heavy atom. The van der Waals surface area contributed by atoms with Crippen LogP contribution in [0.3, 0.4) is 0 Å². The number of halogens is 4. The van der Waals surface area contributed by atoms with Crippen molar-refractivity contribution in [2.24, 2.45) is 0 Å². The molecule has 0 aliphatic heterocycles. The van der Waals surface area contributed by atoms with E-state index in [2.05, 4.69) is 10.1 Å². The van der Waals surface area contributed by atoms with Gasteiger partial charge in [-0.25, -0.2) is 4.39 Å². The summed E-state index contributed by atoms with van der Waals surface area (Å²) in [5, 5.41) is 28.1. The molecule has 0 aliphatic carbocycles. The standard InChI is InChI=1S/C12H4F4N4O/c13-9-3-8(21-12(14,15)16)1-2-10(9)20-11(6-19)7(4-17)5-18/h1-3,20H. The predicted octanol–water partition coefficient (Wildman–Crippen LogP) is 2.96. The number of hydrogen-bond donors (Lipinski definition) is 1. The van der Waals surface area contributed by atoms with Crippen LogP contribution in [0, 0.1) is 39.8 Å². The molecule has 0 spiro atoms. The van der Waals surface area contributed by atoms with Crippen LogP contribution in [-0.2, 0) is 0 Å². The lowest BCUT2D eigenvalue weighted by Crippen LogP contribution is -2.17. The van der Waals surface area contributed by atoms with E-state index >= 15 is 0 Å². The van der Waals surface area contributed by atoms with Crippen LogP contribution in [0.1, 0.15) is 0 Å². The van der Waals surface area contributed by atoms with Crippen molar-refractivity contribution in [2.45, 2.75) is 6.36 Å². The van der Waals surface area contributed by atoms with Crippen LogP contribution in [0.5, 0.6) is 5.75 Å². The number of rotatable bonds is 3. The molecule has 1 N–H and O–H groups in total. The highest BCUT2D eigenvalue weighted by atomic mass is 19.4. The quantitative estimate of drug-likeness (QED) is 0.683. The van der Waals surface area contributed by atoms with E-state index in [1.54, 1.807) is 0 Å². The minimum absolute atomic E-state index is 0.385. The monoisotopic (exact) mass is 296 g/mol. The minimum Gasteiger partial charge on any atom is -0.406 e. The molecule has 0 unspecified atom stereocenters. The molecule has 21 heavy (non-hydrogen) atoms. The van der Waals surface area contributed by atoms with Gasteiger partial charge in [-0.15, -0.1) is 13.2 Å². The zero-order chi connectivity index (χ0) is 16.0. The maximum Gasteiger partial charge on any atom is 0.573 e. The van der Waals surface area contributed by atoms with Gasteiger partial charge in [0, 0.05) is 6.07 Å². The first-order valence-corrected chi connectivity index (χ1v) is 5.07. The second kappa shape index (κ2) is 6.27. The van der Waals surface area contributed by atoms with Crippen molar-refractivity contribution in [2.75, 3.05) is 5.32 Å². The van der Waals surface area contributed by atoms with Gasteiger partial charge in [0.15, 0.2) is 5.57 Å². The van der Waals surface area contributed by atoms with Crippen molar-refractivity contribution >= 4 is 5.69 Å². The lowest BCUT2D eigenvalue weighted by Gasteiger charge is -2.11. The van der Waals surface area contributed by atoms with Crippen LogP contribution in [0.25, 0.3) is 0 Å². The molecule has 1 aromatic carbocycles. The molecule has 0 bridgehead atoms. The summed E-state index contributed by atoms with van der Waals surface area (Å²) in [4.78, 5) is 0. The highest BCUT2D eigenvalue weighted by Crippen LogP contribution is 2.27. The molecule has 5 nitrogen and oxygen atoms in total. The van der Waals surface area contributed by atoms with Crippen LogP contribution in [0.15, 0.2) is 29.5 Å². The Balaban J connectivity index is 3.08. The van der Waals surface area contributed by atoms with Gasteiger partial charge in [0.05, 0.1) is 5.69 Å². The van der Waals surface area contributed by atoms with Crippen LogP contribution in [-0.4, -0.2) is 6.36 Å². The number of benzene rings is 1. The summed E-state index contributed by atoms with van der Waals surface area (Å²) in [5.41, 5.74) is -1.50. The van der Waals surface area contributed by atoms with Gasteiger partial charge in [-0.05, 0) is 12.1 Å². The molecule has 0 atom stereocenters. The minimum atomic E-state index is -4.96. The maximum atomic E-state index is 13.6. The van der Waals surface area contributed by atoms with Crippen molar-refractivity contribution in [1.82, 2.24) is 0 Å². The Hall–Kier alpha value is -3.25. The Labute approximate surface area is 115 Å². The summed E-state index contributed by atoms with van der Waals surface area (Å²) >= 11 is 0. The molecular weight excluding hydrogens is 292 g/mol. The lowest BCUT2D eigenvalue weighted by atomic mass is 10.2. The number of alkyl halides is 3. The first-order chi connectivity index (χ1) is 9.80. The molecular formula is C12H4F4N4O. The summed E-state index contributed by atoms with van der Waals surface area (Å²) in [7, 11) is 0. The van der Waals surface area contributed by atoms with E-state index in [0.717, 1.165) is 12.1 Å². The van der Waals surface area contributed by atoms with Gasteiger partial charge in [-0.1, -0.05) is 0 Å². The van der Waals surface area contributed by atoms with Gasteiger partial charge in [-0.2, -0.15) is 15.8 Å². The SMILES string of the molecule is N#CC(C#N)=C(C#N)Nc1ccc(OC(F)(F)F)cc1F. The third-order valence-corrected chi connectivity index (χ3v) is 2.02. The normalized spacial score (nSPS) is 9.76. The van der Waals surface area contributed by atoms with E-state index in [1.807, 2.05) is 0 Å². The van der Waals surface area contributed by atoms with Crippen LogP contribution in [0.2, 0.25) is 0 Å². The number of nitrogens with one attached hydrogen (secondary N) is 1. The third kappa shape index (κ3) is 4.41. The van der Waals surface area contributed by atoms with Gasteiger partial charge in [0.2, 0.25) is 0 Å². The Morgan fingerprint density at radius 2 is 1.71 bits per heavy atom. The summed E-state index contributed by atoms with van der Waals surface area (Å²) in [6, 6.07) is 6.46. The summed E-state index contributed by atoms with van der Waals surface area (Å²) in [6.45, 7) is 0. The fourth-order valence-electron chi connectivity index (χ4n) is 1.21. The smallest absolute Gasteiger partial charge is 0.406 e. The third-order valence-electron chi connectivity index (χ3n) is 2.02. The first kappa shape index (κ1) is 15.8. The van der Waals surface area contributed by atoms with Crippen molar-refractivity contribution in [3.63, 3.8) is 0 Å². The van der Waals surface area contributed by atoms with E-state index in [1.165, 1.54) is 18.2 Å². The average molecular weight is 296 g/mol. The first-order valence-electron chi connectivity index (χ1n) is 5.07. The van der Waals surface area contributed by atoms with Gasteiger partial charge >= 0.3 is 6.36 Å². The van der Waals surface area contributed by atoms with E-state index in [0.29, 0.717) is 6.07 Å². The van der Waals surface area contributed by atoms with E-state index in [-0.39, 0.29) is 5.69 Å². The summed E-state index contributed by atoms with van der Waals surface area (Å²) in [5.74, 6) is -1.94.